The van der Waals surface area contributed by atoms with E-state index in [1.54, 1.807) is 17.8 Å². The third-order valence-corrected chi connectivity index (χ3v) is 5.04. The molecule has 0 bridgehead atoms. The number of nitro groups is 1. The summed E-state index contributed by atoms with van der Waals surface area (Å²) in [6.45, 7) is -0.265. The number of hydrogen-bond donors (Lipinski definition) is 1. The van der Waals surface area contributed by atoms with Crippen LogP contribution >= 0.6 is 23.1 Å². The first-order chi connectivity index (χ1) is 13.0. The lowest BCUT2D eigenvalue weighted by atomic mass is 10.2. The maximum absolute atomic E-state index is 12.0. The Morgan fingerprint density at radius 1 is 1.30 bits per heavy atom. The Bertz CT molecular complexity index is 957. The van der Waals surface area contributed by atoms with E-state index in [0.29, 0.717) is 5.13 Å². The quantitative estimate of drug-likeness (QED) is 0.357. The van der Waals surface area contributed by atoms with Gasteiger partial charge in [0.25, 0.3) is 11.6 Å². The monoisotopic (exact) mass is 401 g/mol. The van der Waals surface area contributed by atoms with Crippen molar-refractivity contribution in [3.63, 3.8) is 0 Å². The van der Waals surface area contributed by atoms with Gasteiger partial charge in [-0.05, 0) is 24.5 Å². The SMILES string of the molecule is CSc1ccc(-c2csc(NC(=O)COc3cccc([N+](=O)[O-])c3)n2)cc1. The van der Waals surface area contributed by atoms with Gasteiger partial charge in [0.2, 0.25) is 0 Å². The fourth-order valence-corrected chi connectivity index (χ4v) is 3.36. The van der Waals surface area contributed by atoms with E-state index < -0.39 is 4.92 Å². The van der Waals surface area contributed by atoms with E-state index in [0.717, 1.165) is 11.3 Å². The number of thioether (sulfide) groups is 1. The topological polar surface area (TPSA) is 94.4 Å². The third-order valence-electron chi connectivity index (χ3n) is 3.53. The Labute approximate surface area is 163 Å². The molecular formula is C18H15N3O4S2. The first kappa shape index (κ1) is 18.9. The molecule has 0 aliphatic carbocycles. The predicted molar refractivity (Wildman–Crippen MR) is 107 cm³/mol. The van der Waals surface area contributed by atoms with E-state index in [-0.39, 0.29) is 24.0 Å². The summed E-state index contributed by atoms with van der Waals surface area (Å²) in [5, 5.41) is 15.7. The highest BCUT2D eigenvalue weighted by Gasteiger charge is 2.11. The van der Waals surface area contributed by atoms with Gasteiger partial charge in [-0.2, -0.15) is 0 Å². The van der Waals surface area contributed by atoms with Crippen LogP contribution in [0.4, 0.5) is 10.8 Å². The largest absolute Gasteiger partial charge is 0.484 e. The molecule has 3 aromatic rings. The Hall–Kier alpha value is -2.91. The molecule has 1 N–H and O–H groups in total. The smallest absolute Gasteiger partial charge is 0.273 e. The molecular weight excluding hydrogens is 386 g/mol. The number of carbonyl (C=O) groups excluding carboxylic acids is 1. The standard InChI is InChI=1S/C18H15N3O4S2/c1-26-15-7-5-12(6-8-15)16-11-27-18(19-16)20-17(22)10-25-14-4-2-3-13(9-14)21(23)24/h2-9,11H,10H2,1H3,(H,19,20,22). The zero-order valence-electron chi connectivity index (χ0n) is 14.2. The number of ether oxygens (including phenoxy) is 1. The van der Waals surface area contributed by atoms with Gasteiger partial charge in [-0.25, -0.2) is 4.98 Å². The maximum Gasteiger partial charge on any atom is 0.273 e. The van der Waals surface area contributed by atoms with Crippen molar-refractivity contribution in [2.24, 2.45) is 0 Å². The highest BCUT2D eigenvalue weighted by molar-refractivity contribution is 7.98. The van der Waals surface area contributed by atoms with Crippen molar-refractivity contribution in [3.05, 3.63) is 64.0 Å². The van der Waals surface area contributed by atoms with Crippen LogP contribution in [0.15, 0.2) is 58.8 Å². The fraction of sp³-hybridized carbons (Fsp3) is 0.111. The number of hydrogen-bond acceptors (Lipinski definition) is 7. The van der Waals surface area contributed by atoms with Crippen molar-refractivity contribution in [2.45, 2.75) is 4.90 Å². The summed E-state index contributed by atoms with van der Waals surface area (Å²) < 4.78 is 5.31. The molecule has 0 saturated heterocycles. The van der Waals surface area contributed by atoms with Crippen LogP contribution in [0.25, 0.3) is 11.3 Å². The summed E-state index contributed by atoms with van der Waals surface area (Å²) in [5.74, 6) is -0.131. The molecule has 0 atom stereocenters. The molecule has 0 saturated carbocycles. The van der Waals surface area contributed by atoms with Crippen molar-refractivity contribution >= 4 is 39.8 Å². The summed E-state index contributed by atoms with van der Waals surface area (Å²) >= 11 is 2.98. The lowest BCUT2D eigenvalue weighted by Crippen LogP contribution is -2.20. The number of nitrogens with one attached hydrogen (secondary N) is 1. The highest BCUT2D eigenvalue weighted by atomic mass is 32.2. The van der Waals surface area contributed by atoms with Crippen molar-refractivity contribution in [3.8, 4) is 17.0 Å². The Kier molecular flexibility index (Phi) is 6.05. The van der Waals surface area contributed by atoms with Gasteiger partial charge in [0.05, 0.1) is 16.7 Å². The second-order valence-electron chi connectivity index (χ2n) is 5.36. The van der Waals surface area contributed by atoms with Gasteiger partial charge in [-0.1, -0.05) is 18.2 Å². The molecule has 1 heterocycles. The van der Waals surface area contributed by atoms with Crippen LogP contribution in [-0.4, -0.2) is 28.7 Å². The lowest BCUT2D eigenvalue weighted by molar-refractivity contribution is -0.384. The molecule has 138 valence electrons. The molecule has 7 nitrogen and oxygen atoms in total. The summed E-state index contributed by atoms with van der Waals surface area (Å²) in [4.78, 5) is 27.8. The van der Waals surface area contributed by atoms with Gasteiger partial charge in [0.1, 0.15) is 5.75 Å². The molecule has 1 aromatic heterocycles. The van der Waals surface area contributed by atoms with E-state index in [1.807, 2.05) is 35.9 Å². The van der Waals surface area contributed by atoms with Crippen LogP contribution in [0, 0.1) is 10.1 Å². The number of rotatable bonds is 7. The average Bonchev–Trinajstić information content (AvgIpc) is 3.15. The molecule has 0 aliphatic rings. The van der Waals surface area contributed by atoms with Crippen molar-refractivity contribution in [2.75, 3.05) is 18.2 Å². The summed E-state index contributed by atoms with van der Waals surface area (Å²) in [6, 6.07) is 13.7. The summed E-state index contributed by atoms with van der Waals surface area (Å²) in [5.41, 5.74) is 1.66. The number of anilines is 1. The molecule has 0 unspecified atom stereocenters. The van der Waals surface area contributed by atoms with Crippen molar-refractivity contribution in [1.82, 2.24) is 4.98 Å². The minimum absolute atomic E-state index is 0.0926. The van der Waals surface area contributed by atoms with Crippen molar-refractivity contribution < 1.29 is 14.5 Å². The number of nitrogens with zero attached hydrogens (tertiary/aromatic N) is 2. The number of thiazole rings is 1. The second kappa shape index (κ2) is 8.65. The third kappa shape index (κ3) is 5.05. The van der Waals surface area contributed by atoms with Crippen molar-refractivity contribution in [1.29, 1.82) is 0 Å². The van der Waals surface area contributed by atoms with Gasteiger partial charge >= 0.3 is 0 Å². The lowest BCUT2D eigenvalue weighted by Gasteiger charge is -2.05. The average molecular weight is 401 g/mol. The van der Waals surface area contributed by atoms with Gasteiger partial charge < -0.3 is 4.74 Å². The van der Waals surface area contributed by atoms with E-state index in [9.17, 15) is 14.9 Å². The second-order valence-corrected chi connectivity index (χ2v) is 7.10. The Balaban J connectivity index is 1.57. The highest BCUT2D eigenvalue weighted by Crippen LogP contribution is 2.26. The van der Waals surface area contributed by atoms with E-state index in [2.05, 4.69) is 10.3 Å². The Morgan fingerprint density at radius 3 is 2.78 bits per heavy atom. The maximum atomic E-state index is 12.0. The van der Waals surface area contributed by atoms with Crippen LogP contribution in [0.3, 0.4) is 0 Å². The van der Waals surface area contributed by atoms with Gasteiger partial charge in [0, 0.05) is 21.9 Å². The minimum atomic E-state index is -0.518. The molecule has 27 heavy (non-hydrogen) atoms. The number of carbonyl (C=O) groups is 1. The van der Waals surface area contributed by atoms with Crippen LogP contribution in [0.5, 0.6) is 5.75 Å². The molecule has 1 amide bonds. The van der Waals surface area contributed by atoms with Gasteiger partial charge in [-0.15, -0.1) is 23.1 Å². The molecule has 9 heteroatoms. The molecule has 0 spiro atoms. The Morgan fingerprint density at radius 2 is 2.07 bits per heavy atom. The van der Waals surface area contributed by atoms with E-state index in [4.69, 9.17) is 4.74 Å². The van der Waals surface area contributed by atoms with Crippen LogP contribution in [0.1, 0.15) is 0 Å². The molecule has 0 fully saturated rings. The fourth-order valence-electron chi connectivity index (χ4n) is 2.22. The first-order valence-corrected chi connectivity index (χ1v) is 9.92. The zero-order chi connectivity index (χ0) is 19.2. The van der Waals surface area contributed by atoms with Crippen LogP contribution < -0.4 is 10.1 Å². The molecule has 0 aliphatic heterocycles. The zero-order valence-corrected chi connectivity index (χ0v) is 15.9. The molecule has 2 aromatic carbocycles. The van der Waals surface area contributed by atoms with E-state index >= 15 is 0 Å². The number of benzene rings is 2. The number of amides is 1. The first-order valence-electron chi connectivity index (χ1n) is 7.82. The number of nitro benzene ring substituents is 1. The molecule has 3 rings (SSSR count). The predicted octanol–water partition coefficient (Wildman–Crippen LogP) is 4.46. The number of aromatic nitrogens is 1. The molecule has 0 radical (unpaired) electrons. The normalized spacial score (nSPS) is 10.4. The van der Waals surface area contributed by atoms with E-state index in [1.165, 1.54) is 34.4 Å². The number of non-ortho nitro benzene ring substituents is 1. The van der Waals surface area contributed by atoms with Crippen LogP contribution in [-0.2, 0) is 4.79 Å². The summed E-state index contributed by atoms with van der Waals surface area (Å²) in [6.07, 6.45) is 2.02. The van der Waals surface area contributed by atoms with Gasteiger partial charge in [-0.3, -0.25) is 20.2 Å². The minimum Gasteiger partial charge on any atom is -0.484 e. The summed E-state index contributed by atoms with van der Waals surface area (Å²) in [7, 11) is 0. The van der Waals surface area contributed by atoms with Crippen LogP contribution in [0.2, 0.25) is 0 Å². The van der Waals surface area contributed by atoms with Gasteiger partial charge in [0.15, 0.2) is 11.7 Å².